The monoisotopic (exact) mass is 252 g/mol. The molecule has 0 radical (unpaired) electrons. The molecule has 0 saturated carbocycles. The van der Waals surface area contributed by atoms with Crippen molar-refractivity contribution in [3.05, 3.63) is 24.3 Å². The third-order valence-corrected chi connectivity index (χ3v) is 2.56. The molecule has 18 heavy (non-hydrogen) atoms. The molecule has 0 aromatic heterocycles. The van der Waals surface area contributed by atoms with Crippen molar-refractivity contribution < 1.29 is 9.47 Å². The van der Waals surface area contributed by atoms with Crippen LogP contribution in [0.15, 0.2) is 24.3 Å². The van der Waals surface area contributed by atoms with Gasteiger partial charge in [-0.2, -0.15) is 0 Å². The molecule has 0 bridgehead atoms. The highest BCUT2D eigenvalue weighted by Gasteiger charge is 2.04. The third-order valence-electron chi connectivity index (χ3n) is 2.56. The zero-order valence-corrected chi connectivity index (χ0v) is 11.8. The summed E-state index contributed by atoms with van der Waals surface area (Å²) < 4.78 is 10.9. The maximum absolute atomic E-state index is 5.68. The smallest absolute Gasteiger partial charge is 0.161 e. The van der Waals surface area contributed by atoms with Crippen molar-refractivity contribution in [2.75, 3.05) is 40.9 Å². The van der Waals surface area contributed by atoms with Crippen LogP contribution in [-0.4, -0.2) is 51.8 Å². The van der Waals surface area contributed by atoms with Gasteiger partial charge in [0.1, 0.15) is 6.61 Å². The summed E-state index contributed by atoms with van der Waals surface area (Å²) in [5.74, 6) is 1.57. The fourth-order valence-corrected chi connectivity index (χ4v) is 1.82. The second-order valence-electron chi connectivity index (χ2n) is 4.62. The number of ether oxygens (including phenoxy) is 2. The van der Waals surface area contributed by atoms with Crippen molar-refractivity contribution in [3.8, 4) is 11.5 Å². The van der Waals surface area contributed by atoms with E-state index in [2.05, 4.69) is 31.2 Å². The molecule has 0 aliphatic rings. The first-order valence-electron chi connectivity index (χ1n) is 6.27. The second kappa shape index (κ2) is 7.95. The van der Waals surface area contributed by atoms with Crippen LogP contribution in [0, 0.1) is 0 Å². The van der Waals surface area contributed by atoms with E-state index in [9.17, 15) is 0 Å². The molecule has 1 atom stereocenters. The highest BCUT2D eigenvalue weighted by molar-refractivity contribution is 5.39. The van der Waals surface area contributed by atoms with E-state index < -0.39 is 0 Å². The zero-order valence-electron chi connectivity index (χ0n) is 11.8. The minimum atomic E-state index is 0.460. The number of methoxy groups -OCH3 is 1. The van der Waals surface area contributed by atoms with Gasteiger partial charge in [-0.05, 0) is 33.2 Å². The summed E-state index contributed by atoms with van der Waals surface area (Å²) in [7, 11) is 5.80. The summed E-state index contributed by atoms with van der Waals surface area (Å²) >= 11 is 0. The number of hydrogen-bond acceptors (Lipinski definition) is 4. The Morgan fingerprint density at radius 1 is 1.22 bits per heavy atom. The summed E-state index contributed by atoms with van der Waals surface area (Å²) in [4.78, 5) is 2.17. The van der Waals surface area contributed by atoms with E-state index in [1.165, 1.54) is 0 Å². The van der Waals surface area contributed by atoms with Crippen LogP contribution in [0.1, 0.15) is 6.92 Å². The van der Waals surface area contributed by atoms with Crippen molar-refractivity contribution >= 4 is 0 Å². The largest absolute Gasteiger partial charge is 0.493 e. The molecule has 0 spiro atoms. The standard InChI is InChI=1S/C14H24N2O2/c1-12(11-16(2)3)15-9-10-18-14-8-6-5-7-13(14)17-4/h5-8,12,15H,9-11H2,1-4H3. The quantitative estimate of drug-likeness (QED) is 0.713. The van der Waals surface area contributed by atoms with E-state index in [1.54, 1.807) is 7.11 Å². The number of para-hydroxylation sites is 2. The van der Waals surface area contributed by atoms with Gasteiger partial charge < -0.3 is 19.7 Å². The number of nitrogens with one attached hydrogen (secondary N) is 1. The van der Waals surface area contributed by atoms with Gasteiger partial charge in [-0.25, -0.2) is 0 Å². The lowest BCUT2D eigenvalue weighted by atomic mass is 10.3. The van der Waals surface area contributed by atoms with Crippen LogP contribution in [-0.2, 0) is 0 Å². The molecule has 0 amide bonds. The normalized spacial score (nSPS) is 12.5. The lowest BCUT2D eigenvalue weighted by molar-refractivity contribution is 0.277. The SMILES string of the molecule is COc1ccccc1OCCNC(C)CN(C)C. The minimum Gasteiger partial charge on any atom is -0.493 e. The Kier molecular flexibility index (Phi) is 6.54. The first-order valence-corrected chi connectivity index (χ1v) is 6.27. The molecule has 1 aromatic carbocycles. The predicted molar refractivity (Wildman–Crippen MR) is 74.5 cm³/mol. The van der Waals surface area contributed by atoms with Crippen LogP contribution >= 0.6 is 0 Å². The Labute approximate surface area is 110 Å². The van der Waals surface area contributed by atoms with Crippen molar-refractivity contribution in [1.29, 1.82) is 0 Å². The molecule has 4 nitrogen and oxygen atoms in total. The molecule has 1 unspecified atom stereocenters. The number of likely N-dealkylation sites (N-methyl/N-ethyl adjacent to an activating group) is 1. The lowest BCUT2D eigenvalue weighted by Gasteiger charge is -2.18. The number of hydrogen-bond donors (Lipinski definition) is 1. The van der Waals surface area contributed by atoms with E-state index in [0.29, 0.717) is 12.6 Å². The van der Waals surface area contributed by atoms with Gasteiger partial charge in [-0.15, -0.1) is 0 Å². The van der Waals surface area contributed by atoms with Crippen LogP contribution in [0.2, 0.25) is 0 Å². The van der Waals surface area contributed by atoms with Gasteiger partial charge in [-0.3, -0.25) is 0 Å². The van der Waals surface area contributed by atoms with Crippen LogP contribution < -0.4 is 14.8 Å². The summed E-state index contributed by atoms with van der Waals surface area (Å²) in [6.45, 7) is 4.66. The fraction of sp³-hybridized carbons (Fsp3) is 0.571. The highest BCUT2D eigenvalue weighted by Crippen LogP contribution is 2.25. The van der Waals surface area contributed by atoms with Gasteiger partial charge in [-0.1, -0.05) is 12.1 Å². The summed E-state index contributed by atoms with van der Waals surface area (Å²) in [5, 5.41) is 3.41. The molecule has 1 aromatic rings. The number of nitrogens with zero attached hydrogens (tertiary/aromatic N) is 1. The molecular formula is C14H24N2O2. The van der Waals surface area contributed by atoms with Crippen molar-refractivity contribution in [2.24, 2.45) is 0 Å². The average Bonchev–Trinajstić information content (AvgIpc) is 2.34. The maximum atomic E-state index is 5.68. The minimum absolute atomic E-state index is 0.460. The molecule has 4 heteroatoms. The Bertz CT molecular complexity index is 342. The number of benzene rings is 1. The van der Waals surface area contributed by atoms with Gasteiger partial charge in [0, 0.05) is 19.1 Å². The van der Waals surface area contributed by atoms with Crippen LogP contribution in [0.4, 0.5) is 0 Å². The molecule has 102 valence electrons. The van der Waals surface area contributed by atoms with Gasteiger partial charge in [0.2, 0.25) is 0 Å². The van der Waals surface area contributed by atoms with Crippen LogP contribution in [0.5, 0.6) is 11.5 Å². The molecule has 0 heterocycles. The summed E-state index contributed by atoms with van der Waals surface area (Å²) in [6.07, 6.45) is 0. The van der Waals surface area contributed by atoms with Crippen LogP contribution in [0.25, 0.3) is 0 Å². The van der Waals surface area contributed by atoms with Crippen molar-refractivity contribution in [1.82, 2.24) is 10.2 Å². The average molecular weight is 252 g/mol. The summed E-state index contributed by atoms with van der Waals surface area (Å²) in [5.41, 5.74) is 0. The molecule has 0 fully saturated rings. The van der Waals surface area contributed by atoms with Gasteiger partial charge in [0.25, 0.3) is 0 Å². The van der Waals surface area contributed by atoms with E-state index >= 15 is 0 Å². The Balaban J connectivity index is 2.25. The highest BCUT2D eigenvalue weighted by atomic mass is 16.5. The van der Waals surface area contributed by atoms with Gasteiger partial charge in [0.05, 0.1) is 7.11 Å². The van der Waals surface area contributed by atoms with Crippen LogP contribution in [0.3, 0.4) is 0 Å². The third kappa shape index (κ3) is 5.38. The Hall–Kier alpha value is -1.26. The zero-order chi connectivity index (χ0) is 13.4. The molecule has 0 saturated heterocycles. The van der Waals surface area contributed by atoms with E-state index in [-0.39, 0.29) is 0 Å². The first kappa shape index (κ1) is 14.8. The molecule has 1 rings (SSSR count). The van der Waals surface area contributed by atoms with E-state index in [0.717, 1.165) is 24.6 Å². The second-order valence-corrected chi connectivity index (χ2v) is 4.62. The van der Waals surface area contributed by atoms with Crippen molar-refractivity contribution in [3.63, 3.8) is 0 Å². The lowest BCUT2D eigenvalue weighted by Crippen LogP contribution is -2.37. The number of rotatable bonds is 8. The first-order chi connectivity index (χ1) is 8.63. The Morgan fingerprint density at radius 2 is 1.89 bits per heavy atom. The molecular weight excluding hydrogens is 228 g/mol. The topological polar surface area (TPSA) is 33.7 Å². The predicted octanol–water partition coefficient (Wildman–Crippen LogP) is 1.61. The van der Waals surface area contributed by atoms with Gasteiger partial charge >= 0.3 is 0 Å². The fourth-order valence-electron chi connectivity index (χ4n) is 1.82. The molecule has 1 N–H and O–H groups in total. The molecule has 0 aliphatic carbocycles. The van der Waals surface area contributed by atoms with E-state index in [1.807, 2.05) is 24.3 Å². The Morgan fingerprint density at radius 3 is 2.50 bits per heavy atom. The molecule has 0 aliphatic heterocycles. The van der Waals surface area contributed by atoms with Gasteiger partial charge in [0.15, 0.2) is 11.5 Å². The van der Waals surface area contributed by atoms with Crippen molar-refractivity contribution in [2.45, 2.75) is 13.0 Å². The summed E-state index contributed by atoms with van der Waals surface area (Å²) in [6, 6.07) is 8.16. The maximum Gasteiger partial charge on any atom is 0.161 e. The van der Waals surface area contributed by atoms with E-state index in [4.69, 9.17) is 9.47 Å².